The molecule has 0 spiro atoms. The third-order valence-electron chi connectivity index (χ3n) is 5.98. The Morgan fingerprint density at radius 1 is 1.04 bits per heavy atom. The molecule has 2 aliphatic rings. The molecule has 0 atom stereocenters. The van der Waals surface area contributed by atoms with Gasteiger partial charge in [0.15, 0.2) is 5.96 Å². The second-order valence-electron chi connectivity index (χ2n) is 7.82. The number of hydrogen-bond acceptors (Lipinski definition) is 2. The van der Waals surface area contributed by atoms with E-state index in [1.54, 1.807) is 6.92 Å². The Labute approximate surface area is 163 Å². The summed E-state index contributed by atoms with van der Waals surface area (Å²) >= 11 is 0. The fourth-order valence-corrected chi connectivity index (χ4v) is 4.28. The Morgan fingerprint density at radius 3 is 2.26 bits per heavy atom. The average Bonchev–Trinajstić information content (AvgIpc) is 2.72. The maximum Gasteiger partial charge on any atom is 0.219 e. The minimum atomic E-state index is 0.173. The number of amides is 1. The predicted octanol–water partition coefficient (Wildman–Crippen LogP) is 3.09. The lowest BCUT2D eigenvalue weighted by molar-refractivity contribution is -0.130. The van der Waals surface area contributed by atoms with Gasteiger partial charge in [0.2, 0.25) is 5.91 Å². The van der Waals surface area contributed by atoms with Crippen LogP contribution in [-0.4, -0.2) is 60.9 Å². The molecule has 1 aliphatic carbocycles. The van der Waals surface area contributed by atoms with E-state index in [4.69, 9.17) is 4.99 Å². The van der Waals surface area contributed by atoms with Crippen molar-refractivity contribution >= 4 is 11.9 Å². The van der Waals surface area contributed by atoms with E-state index >= 15 is 0 Å². The Bertz CT molecular complexity index is 614. The summed E-state index contributed by atoms with van der Waals surface area (Å²) in [4.78, 5) is 20.7. The molecule has 27 heavy (non-hydrogen) atoms. The number of carbonyl (C=O) groups is 1. The molecule has 1 saturated carbocycles. The molecule has 3 rings (SSSR count). The molecular weight excluding hydrogens is 336 g/mol. The van der Waals surface area contributed by atoms with Gasteiger partial charge in [0.25, 0.3) is 0 Å². The first kappa shape index (κ1) is 19.7. The minimum Gasteiger partial charge on any atom is -0.357 e. The standard InChI is InChI=1S/C22H34N4O/c1-3-23-22(26-15-13-25(14-16-26)18(2)27)24-17-19-9-11-21(12-10-19)20-7-5-4-6-8-20/h4-8,19,21H,3,9-17H2,1-2H3,(H,23,24). The minimum absolute atomic E-state index is 0.173. The number of benzene rings is 1. The number of nitrogens with one attached hydrogen (secondary N) is 1. The van der Waals surface area contributed by atoms with Crippen molar-refractivity contribution in [1.29, 1.82) is 0 Å². The van der Waals surface area contributed by atoms with Crippen molar-refractivity contribution in [3.05, 3.63) is 35.9 Å². The van der Waals surface area contributed by atoms with Crippen molar-refractivity contribution in [1.82, 2.24) is 15.1 Å². The van der Waals surface area contributed by atoms with E-state index in [1.807, 2.05) is 4.90 Å². The van der Waals surface area contributed by atoms with Crippen LogP contribution in [0.5, 0.6) is 0 Å². The van der Waals surface area contributed by atoms with Crippen LogP contribution in [0.15, 0.2) is 35.3 Å². The lowest BCUT2D eigenvalue weighted by Gasteiger charge is -2.36. The van der Waals surface area contributed by atoms with Crippen molar-refractivity contribution < 1.29 is 4.79 Å². The monoisotopic (exact) mass is 370 g/mol. The first-order valence-corrected chi connectivity index (χ1v) is 10.5. The van der Waals surface area contributed by atoms with Gasteiger partial charge < -0.3 is 15.1 Å². The van der Waals surface area contributed by atoms with E-state index in [0.717, 1.165) is 51.1 Å². The van der Waals surface area contributed by atoms with E-state index in [1.165, 1.54) is 31.2 Å². The first-order chi connectivity index (χ1) is 13.2. The van der Waals surface area contributed by atoms with Crippen LogP contribution in [0.2, 0.25) is 0 Å². The van der Waals surface area contributed by atoms with Crippen molar-refractivity contribution in [3.8, 4) is 0 Å². The second kappa shape index (κ2) is 9.77. The summed E-state index contributed by atoms with van der Waals surface area (Å²) in [5, 5.41) is 3.44. The molecular formula is C22H34N4O. The van der Waals surface area contributed by atoms with E-state index in [0.29, 0.717) is 5.92 Å². The van der Waals surface area contributed by atoms with Crippen molar-refractivity contribution in [2.45, 2.75) is 45.4 Å². The van der Waals surface area contributed by atoms with E-state index in [-0.39, 0.29) is 5.91 Å². The average molecular weight is 371 g/mol. The topological polar surface area (TPSA) is 47.9 Å². The van der Waals surface area contributed by atoms with Gasteiger partial charge in [-0.1, -0.05) is 30.3 Å². The largest absolute Gasteiger partial charge is 0.357 e. The summed E-state index contributed by atoms with van der Waals surface area (Å²) in [6.07, 6.45) is 5.08. The number of hydrogen-bond donors (Lipinski definition) is 1. The highest BCUT2D eigenvalue weighted by atomic mass is 16.2. The molecule has 0 aromatic heterocycles. The Balaban J connectivity index is 1.50. The zero-order valence-corrected chi connectivity index (χ0v) is 16.9. The fraction of sp³-hybridized carbons (Fsp3) is 0.636. The summed E-state index contributed by atoms with van der Waals surface area (Å²) in [7, 11) is 0. The van der Waals surface area contributed by atoms with Crippen molar-refractivity contribution in [2.75, 3.05) is 39.3 Å². The molecule has 148 valence electrons. The fourth-order valence-electron chi connectivity index (χ4n) is 4.28. The molecule has 0 unspecified atom stereocenters. The third kappa shape index (κ3) is 5.47. The SMILES string of the molecule is CCNC(=NCC1CCC(c2ccccc2)CC1)N1CCN(C(C)=O)CC1. The number of piperazine rings is 1. The molecule has 1 aliphatic heterocycles. The summed E-state index contributed by atoms with van der Waals surface area (Å²) in [6, 6.07) is 10.9. The van der Waals surface area contributed by atoms with Gasteiger partial charge in [0, 0.05) is 46.2 Å². The molecule has 1 heterocycles. The van der Waals surface area contributed by atoms with Gasteiger partial charge in [-0.15, -0.1) is 0 Å². The molecule has 1 aromatic carbocycles. The number of carbonyl (C=O) groups excluding carboxylic acids is 1. The van der Waals surface area contributed by atoms with Crippen LogP contribution in [0, 0.1) is 5.92 Å². The smallest absolute Gasteiger partial charge is 0.219 e. The highest BCUT2D eigenvalue weighted by Crippen LogP contribution is 2.35. The number of nitrogens with zero attached hydrogens (tertiary/aromatic N) is 3. The van der Waals surface area contributed by atoms with Gasteiger partial charge in [0.1, 0.15) is 0 Å². The molecule has 1 aromatic rings. The predicted molar refractivity (Wildman–Crippen MR) is 111 cm³/mol. The van der Waals surface area contributed by atoms with Crippen LogP contribution in [0.3, 0.4) is 0 Å². The molecule has 5 nitrogen and oxygen atoms in total. The van der Waals surface area contributed by atoms with Gasteiger partial charge in [-0.05, 0) is 50.0 Å². The number of aliphatic imine (C=N–C) groups is 1. The van der Waals surface area contributed by atoms with Crippen molar-refractivity contribution in [3.63, 3.8) is 0 Å². The van der Waals surface area contributed by atoms with Crippen LogP contribution >= 0.6 is 0 Å². The molecule has 0 radical (unpaired) electrons. The van der Waals surface area contributed by atoms with E-state index in [2.05, 4.69) is 47.5 Å². The zero-order chi connectivity index (χ0) is 19.1. The van der Waals surface area contributed by atoms with Crippen LogP contribution in [0.25, 0.3) is 0 Å². The molecule has 5 heteroatoms. The van der Waals surface area contributed by atoms with Crippen LogP contribution in [0.4, 0.5) is 0 Å². The summed E-state index contributed by atoms with van der Waals surface area (Å²) in [5.41, 5.74) is 1.50. The maximum atomic E-state index is 11.5. The lowest BCUT2D eigenvalue weighted by Crippen LogP contribution is -2.53. The van der Waals surface area contributed by atoms with Crippen LogP contribution < -0.4 is 5.32 Å². The molecule has 1 N–H and O–H groups in total. The highest BCUT2D eigenvalue weighted by molar-refractivity contribution is 5.80. The van der Waals surface area contributed by atoms with Gasteiger partial charge in [0.05, 0.1) is 0 Å². The Hall–Kier alpha value is -2.04. The summed E-state index contributed by atoms with van der Waals surface area (Å²) in [6.45, 7) is 8.89. The highest BCUT2D eigenvalue weighted by Gasteiger charge is 2.24. The molecule has 1 saturated heterocycles. The number of rotatable bonds is 4. The van der Waals surface area contributed by atoms with Crippen LogP contribution in [-0.2, 0) is 4.79 Å². The van der Waals surface area contributed by atoms with Gasteiger partial charge >= 0.3 is 0 Å². The molecule has 1 amide bonds. The van der Waals surface area contributed by atoms with Crippen LogP contribution in [0.1, 0.15) is 51.0 Å². The lowest BCUT2D eigenvalue weighted by atomic mass is 9.79. The van der Waals surface area contributed by atoms with Crippen molar-refractivity contribution in [2.24, 2.45) is 10.9 Å². The summed E-state index contributed by atoms with van der Waals surface area (Å²) < 4.78 is 0. The third-order valence-corrected chi connectivity index (χ3v) is 5.98. The van der Waals surface area contributed by atoms with E-state index < -0.39 is 0 Å². The van der Waals surface area contributed by atoms with Gasteiger partial charge in [-0.2, -0.15) is 0 Å². The molecule has 0 bridgehead atoms. The van der Waals surface area contributed by atoms with E-state index in [9.17, 15) is 4.79 Å². The van der Waals surface area contributed by atoms with Gasteiger partial charge in [-0.25, -0.2) is 0 Å². The van der Waals surface area contributed by atoms with Gasteiger partial charge in [-0.3, -0.25) is 9.79 Å². The first-order valence-electron chi connectivity index (χ1n) is 10.5. The Kier molecular flexibility index (Phi) is 7.13. The zero-order valence-electron chi connectivity index (χ0n) is 16.9. The second-order valence-corrected chi connectivity index (χ2v) is 7.82. The number of guanidine groups is 1. The molecule has 2 fully saturated rings. The normalized spacial score (nSPS) is 24.0. The summed E-state index contributed by atoms with van der Waals surface area (Å²) in [5.74, 6) is 2.61. The Morgan fingerprint density at radius 2 is 1.67 bits per heavy atom. The maximum absolute atomic E-state index is 11.5. The quantitative estimate of drug-likeness (QED) is 0.654.